The van der Waals surface area contributed by atoms with E-state index in [0.717, 1.165) is 30.8 Å². The van der Waals surface area contributed by atoms with Gasteiger partial charge in [0.05, 0.1) is 17.8 Å². The van der Waals surface area contributed by atoms with Gasteiger partial charge in [-0.05, 0) is 77.6 Å². The third kappa shape index (κ3) is 3.96. The topological polar surface area (TPSA) is 30.9 Å². The molecule has 0 radical (unpaired) electrons. The number of hydrogen-bond acceptors (Lipinski definition) is 4. The molecule has 0 atom stereocenters. The van der Waals surface area contributed by atoms with Gasteiger partial charge < -0.3 is 18.9 Å². The van der Waals surface area contributed by atoms with Gasteiger partial charge in [-0.15, -0.1) is 0 Å². The van der Waals surface area contributed by atoms with Gasteiger partial charge in [0.2, 0.25) is 0 Å². The van der Waals surface area contributed by atoms with E-state index >= 15 is 0 Å². The number of hydrogen-bond donors (Lipinski definition) is 0. The van der Waals surface area contributed by atoms with Crippen molar-refractivity contribution in [1.29, 1.82) is 0 Å². The summed E-state index contributed by atoms with van der Waals surface area (Å²) in [4.78, 5) is 2.52. The highest BCUT2D eigenvalue weighted by atomic mass is 16.7. The van der Waals surface area contributed by atoms with Gasteiger partial charge in [0, 0.05) is 6.54 Å². The van der Waals surface area contributed by atoms with Crippen LogP contribution < -0.4 is 10.2 Å². The summed E-state index contributed by atoms with van der Waals surface area (Å²) in [6.07, 6.45) is 3.76. The summed E-state index contributed by atoms with van der Waals surface area (Å²) in [7, 11) is -0.330. The monoisotopic (exact) mass is 331 g/mol. The molecule has 1 aromatic rings. The maximum absolute atomic E-state index is 6.11. The van der Waals surface area contributed by atoms with E-state index in [9.17, 15) is 0 Å². The lowest BCUT2D eigenvalue weighted by Crippen LogP contribution is -2.41. The predicted molar refractivity (Wildman–Crippen MR) is 97.9 cm³/mol. The van der Waals surface area contributed by atoms with Crippen LogP contribution in [0.2, 0.25) is 0 Å². The zero-order valence-corrected chi connectivity index (χ0v) is 15.5. The van der Waals surface area contributed by atoms with Gasteiger partial charge in [-0.2, -0.15) is 0 Å². The maximum atomic E-state index is 6.11. The Labute approximate surface area is 146 Å². The second kappa shape index (κ2) is 7.07. The first-order valence-electron chi connectivity index (χ1n) is 9.18. The molecule has 1 aromatic carbocycles. The second-order valence-corrected chi connectivity index (χ2v) is 7.91. The van der Waals surface area contributed by atoms with Gasteiger partial charge in [-0.25, -0.2) is 0 Å². The van der Waals surface area contributed by atoms with E-state index in [0.29, 0.717) is 0 Å². The van der Waals surface area contributed by atoms with Crippen molar-refractivity contribution in [3.8, 4) is 5.75 Å². The third-order valence-corrected chi connectivity index (χ3v) is 5.47. The van der Waals surface area contributed by atoms with Crippen LogP contribution in [0.25, 0.3) is 0 Å². The summed E-state index contributed by atoms with van der Waals surface area (Å²) in [5.41, 5.74) is 0.389. The highest BCUT2D eigenvalue weighted by molar-refractivity contribution is 6.62. The molecule has 0 unspecified atom stereocenters. The van der Waals surface area contributed by atoms with Crippen LogP contribution in [-0.2, 0) is 9.31 Å². The summed E-state index contributed by atoms with van der Waals surface area (Å²) < 4.78 is 18.2. The lowest BCUT2D eigenvalue weighted by atomic mass is 9.79. The highest BCUT2D eigenvalue weighted by Crippen LogP contribution is 2.36. The van der Waals surface area contributed by atoms with Gasteiger partial charge in [0.25, 0.3) is 0 Å². The van der Waals surface area contributed by atoms with Gasteiger partial charge in [-0.3, -0.25) is 0 Å². The molecular formula is C19H30BNO3. The lowest BCUT2D eigenvalue weighted by molar-refractivity contribution is 0.00578. The largest absolute Gasteiger partial charge is 0.494 e. The smallest absolute Gasteiger partial charge is 0.494 e. The Morgan fingerprint density at radius 3 is 2.42 bits per heavy atom. The Hall–Kier alpha value is -1.04. The maximum Gasteiger partial charge on any atom is 0.494 e. The molecule has 2 heterocycles. The fourth-order valence-electron chi connectivity index (χ4n) is 3.21. The van der Waals surface area contributed by atoms with Crippen molar-refractivity contribution >= 4 is 12.6 Å². The van der Waals surface area contributed by atoms with Crippen molar-refractivity contribution in [3.05, 3.63) is 24.3 Å². The standard InChI is InChI=1S/C19H30BNO3/c1-18(2)19(3,4)24-20(23-18)16-9-7-10-17(15-16)22-14-8-13-21-11-5-6-12-21/h7,9-10,15H,5-6,8,11-14H2,1-4H3. The number of nitrogens with zero attached hydrogens (tertiary/aromatic N) is 1. The number of benzene rings is 1. The first kappa shape index (κ1) is 17.8. The third-order valence-electron chi connectivity index (χ3n) is 5.47. The number of ether oxygens (including phenoxy) is 1. The van der Waals surface area contributed by atoms with Crippen molar-refractivity contribution < 1.29 is 14.0 Å². The van der Waals surface area contributed by atoms with Crippen molar-refractivity contribution in [2.45, 2.75) is 58.2 Å². The van der Waals surface area contributed by atoms with Crippen LogP contribution >= 0.6 is 0 Å². The SMILES string of the molecule is CC1(C)OB(c2cccc(OCCCN3CCCC3)c2)OC1(C)C. The van der Waals surface area contributed by atoms with Crippen LogP contribution in [-0.4, -0.2) is 49.5 Å². The van der Waals surface area contributed by atoms with Crippen LogP contribution in [0.5, 0.6) is 5.75 Å². The normalized spacial score (nSPS) is 22.9. The molecule has 0 aliphatic carbocycles. The summed E-state index contributed by atoms with van der Waals surface area (Å²) in [5, 5.41) is 0. The van der Waals surface area contributed by atoms with E-state index in [2.05, 4.69) is 32.6 Å². The van der Waals surface area contributed by atoms with E-state index in [1.165, 1.54) is 25.9 Å². The lowest BCUT2D eigenvalue weighted by Gasteiger charge is -2.32. The summed E-state index contributed by atoms with van der Waals surface area (Å²) >= 11 is 0. The summed E-state index contributed by atoms with van der Waals surface area (Å²) in [5.74, 6) is 0.892. The van der Waals surface area contributed by atoms with E-state index in [1.54, 1.807) is 0 Å². The van der Waals surface area contributed by atoms with Crippen molar-refractivity contribution in [2.24, 2.45) is 0 Å². The Balaban J connectivity index is 1.53. The molecule has 5 heteroatoms. The Morgan fingerprint density at radius 1 is 1.08 bits per heavy atom. The van der Waals surface area contributed by atoms with Gasteiger partial charge in [0.1, 0.15) is 5.75 Å². The highest BCUT2D eigenvalue weighted by Gasteiger charge is 2.51. The molecule has 0 bridgehead atoms. The van der Waals surface area contributed by atoms with Crippen molar-refractivity contribution in [3.63, 3.8) is 0 Å². The summed E-state index contributed by atoms with van der Waals surface area (Å²) in [6.45, 7) is 12.7. The number of likely N-dealkylation sites (tertiary alicyclic amines) is 1. The second-order valence-electron chi connectivity index (χ2n) is 7.91. The quantitative estimate of drug-likeness (QED) is 0.592. The first-order valence-corrected chi connectivity index (χ1v) is 9.18. The molecule has 2 aliphatic heterocycles. The molecule has 132 valence electrons. The molecule has 24 heavy (non-hydrogen) atoms. The molecule has 3 rings (SSSR count). The Bertz CT molecular complexity index is 539. The minimum Gasteiger partial charge on any atom is -0.494 e. The average molecular weight is 331 g/mol. The molecule has 0 amide bonds. The zero-order chi connectivity index (χ0) is 17.2. The fourth-order valence-corrected chi connectivity index (χ4v) is 3.21. The molecular weight excluding hydrogens is 301 g/mol. The molecule has 0 saturated carbocycles. The number of rotatable bonds is 6. The first-order chi connectivity index (χ1) is 11.4. The average Bonchev–Trinajstić information content (AvgIpc) is 3.11. The van der Waals surface area contributed by atoms with Crippen LogP contribution in [0.1, 0.15) is 47.0 Å². The fraction of sp³-hybridized carbons (Fsp3) is 0.684. The zero-order valence-electron chi connectivity index (χ0n) is 15.5. The van der Waals surface area contributed by atoms with Crippen LogP contribution in [0.15, 0.2) is 24.3 Å². The van der Waals surface area contributed by atoms with Gasteiger partial charge in [-0.1, -0.05) is 12.1 Å². The van der Waals surface area contributed by atoms with Crippen LogP contribution in [0, 0.1) is 0 Å². The van der Waals surface area contributed by atoms with E-state index in [4.69, 9.17) is 14.0 Å². The molecule has 2 aliphatic rings. The minimum atomic E-state index is -0.330. The molecule has 2 fully saturated rings. The van der Waals surface area contributed by atoms with E-state index in [1.807, 2.05) is 24.3 Å². The van der Waals surface area contributed by atoms with E-state index in [-0.39, 0.29) is 18.3 Å². The van der Waals surface area contributed by atoms with Gasteiger partial charge in [0.15, 0.2) is 0 Å². The van der Waals surface area contributed by atoms with Crippen molar-refractivity contribution in [2.75, 3.05) is 26.2 Å². The predicted octanol–water partition coefficient (Wildman–Crippen LogP) is 2.85. The Kier molecular flexibility index (Phi) is 5.23. The van der Waals surface area contributed by atoms with Crippen molar-refractivity contribution in [1.82, 2.24) is 4.90 Å². The molecule has 0 aromatic heterocycles. The van der Waals surface area contributed by atoms with Gasteiger partial charge >= 0.3 is 7.12 Å². The van der Waals surface area contributed by atoms with Crippen LogP contribution in [0.3, 0.4) is 0 Å². The van der Waals surface area contributed by atoms with Crippen LogP contribution in [0.4, 0.5) is 0 Å². The van der Waals surface area contributed by atoms with E-state index < -0.39 is 0 Å². The molecule has 4 nitrogen and oxygen atoms in total. The molecule has 0 spiro atoms. The molecule has 2 saturated heterocycles. The minimum absolute atomic E-state index is 0.315. The summed E-state index contributed by atoms with van der Waals surface area (Å²) in [6, 6.07) is 8.10. The molecule has 0 N–H and O–H groups in total. The Morgan fingerprint density at radius 2 is 1.75 bits per heavy atom.